The minimum Gasteiger partial charge on any atom is -0.464 e. The highest BCUT2D eigenvalue weighted by atomic mass is 16.5. The van der Waals surface area contributed by atoms with Crippen molar-refractivity contribution in [2.45, 2.75) is 13.8 Å². The number of anilines is 2. The second kappa shape index (κ2) is 6.13. The first-order valence-corrected chi connectivity index (χ1v) is 6.31. The van der Waals surface area contributed by atoms with Gasteiger partial charge in [0.1, 0.15) is 0 Å². The molecule has 0 fully saturated rings. The Hall–Kier alpha value is -2.76. The van der Waals surface area contributed by atoms with E-state index in [1.54, 1.807) is 37.3 Å². The van der Waals surface area contributed by atoms with Gasteiger partial charge in [-0.1, -0.05) is 12.1 Å². The van der Waals surface area contributed by atoms with Crippen LogP contribution in [0.5, 0.6) is 0 Å². The summed E-state index contributed by atoms with van der Waals surface area (Å²) in [6, 6.07) is 8.52. The third kappa shape index (κ3) is 3.62. The van der Waals surface area contributed by atoms with Crippen LogP contribution in [0, 0.1) is 6.92 Å². The van der Waals surface area contributed by atoms with Crippen LogP contribution in [0.15, 0.2) is 30.3 Å². The summed E-state index contributed by atoms with van der Waals surface area (Å²) >= 11 is 0. The number of aryl methyl sites for hydroxylation is 1. The van der Waals surface area contributed by atoms with Crippen LogP contribution < -0.4 is 5.32 Å². The molecule has 0 atom stereocenters. The van der Waals surface area contributed by atoms with Gasteiger partial charge in [-0.15, -0.1) is 0 Å². The molecule has 0 unspecified atom stereocenters. The van der Waals surface area contributed by atoms with E-state index in [-0.39, 0.29) is 17.4 Å². The van der Waals surface area contributed by atoms with E-state index >= 15 is 0 Å². The summed E-state index contributed by atoms with van der Waals surface area (Å²) in [4.78, 5) is 31.2. The summed E-state index contributed by atoms with van der Waals surface area (Å²) < 4.78 is 4.65. The number of nitrogens with zero attached hydrogens (tertiary/aromatic N) is 2. The smallest absolute Gasteiger partial charge is 0.356 e. The minimum atomic E-state index is -0.527. The normalized spacial score (nSPS) is 10.0. The number of rotatable bonds is 4. The van der Waals surface area contributed by atoms with Gasteiger partial charge in [-0.2, -0.15) is 0 Å². The number of esters is 1. The fourth-order valence-corrected chi connectivity index (χ4v) is 1.78. The third-order valence-corrected chi connectivity index (χ3v) is 2.77. The zero-order valence-electron chi connectivity index (χ0n) is 12.0. The second-order valence-corrected chi connectivity index (χ2v) is 4.47. The fourth-order valence-electron chi connectivity index (χ4n) is 1.78. The molecule has 1 aromatic carbocycles. The lowest BCUT2D eigenvalue weighted by molar-refractivity contribution is 0.0593. The molecule has 0 amide bonds. The molecule has 1 N–H and O–H groups in total. The molecule has 0 saturated carbocycles. The van der Waals surface area contributed by atoms with Crippen molar-refractivity contribution in [2.24, 2.45) is 0 Å². The summed E-state index contributed by atoms with van der Waals surface area (Å²) in [6.45, 7) is 3.25. The Morgan fingerprint density at radius 2 is 1.95 bits per heavy atom. The van der Waals surface area contributed by atoms with Gasteiger partial charge in [0.15, 0.2) is 11.5 Å². The maximum absolute atomic E-state index is 11.5. The van der Waals surface area contributed by atoms with Crippen molar-refractivity contribution in [1.29, 1.82) is 0 Å². The average molecular weight is 285 g/mol. The number of benzene rings is 1. The van der Waals surface area contributed by atoms with Crippen molar-refractivity contribution in [1.82, 2.24) is 9.97 Å². The van der Waals surface area contributed by atoms with E-state index in [2.05, 4.69) is 20.0 Å². The number of ketones is 1. The molecule has 6 nitrogen and oxygen atoms in total. The van der Waals surface area contributed by atoms with Crippen LogP contribution >= 0.6 is 0 Å². The molecule has 1 heterocycles. The predicted octanol–water partition coefficient (Wildman–Crippen LogP) is 2.52. The number of carbonyl (C=O) groups excluding carboxylic acids is 2. The third-order valence-electron chi connectivity index (χ3n) is 2.77. The SMILES string of the molecule is COC(=O)c1cc(C)nc(Nc2cccc(C(C)=O)c2)n1. The van der Waals surface area contributed by atoms with E-state index in [0.29, 0.717) is 16.9 Å². The highest BCUT2D eigenvalue weighted by Gasteiger charge is 2.11. The first kappa shape index (κ1) is 14.6. The summed E-state index contributed by atoms with van der Waals surface area (Å²) in [6.07, 6.45) is 0. The van der Waals surface area contributed by atoms with Crippen molar-refractivity contribution in [3.8, 4) is 0 Å². The van der Waals surface area contributed by atoms with Crippen molar-refractivity contribution in [2.75, 3.05) is 12.4 Å². The van der Waals surface area contributed by atoms with Crippen LogP contribution in [0.1, 0.15) is 33.5 Å². The number of Topliss-reactive ketones (excluding diaryl/α,β-unsaturated/α-hetero) is 1. The van der Waals surface area contributed by atoms with Crippen LogP contribution in [0.3, 0.4) is 0 Å². The first-order valence-electron chi connectivity index (χ1n) is 6.31. The zero-order valence-corrected chi connectivity index (χ0v) is 12.0. The molecule has 6 heteroatoms. The van der Waals surface area contributed by atoms with Crippen LogP contribution in [0.2, 0.25) is 0 Å². The lowest BCUT2D eigenvalue weighted by atomic mass is 10.1. The Balaban J connectivity index is 2.31. The summed E-state index contributed by atoms with van der Waals surface area (Å²) in [7, 11) is 1.29. The van der Waals surface area contributed by atoms with E-state index < -0.39 is 5.97 Å². The predicted molar refractivity (Wildman–Crippen MR) is 77.8 cm³/mol. The fraction of sp³-hybridized carbons (Fsp3) is 0.200. The van der Waals surface area contributed by atoms with Crippen LogP contribution in [-0.4, -0.2) is 28.8 Å². The van der Waals surface area contributed by atoms with Gasteiger partial charge in [0.25, 0.3) is 0 Å². The first-order chi connectivity index (χ1) is 9.99. The molecule has 2 rings (SSSR count). The lowest BCUT2D eigenvalue weighted by Gasteiger charge is -2.08. The summed E-state index contributed by atoms with van der Waals surface area (Å²) in [5.41, 5.74) is 2.07. The van der Waals surface area contributed by atoms with Gasteiger partial charge in [-0.05, 0) is 32.0 Å². The van der Waals surface area contributed by atoms with Gasteiger partial charge < -0.3 is 10.1 Å². The number of hydrogen-bond acceptors (Lipinski definition) is 6. The average Bonchev–Trinajstić information content (AvgIpc) is 2.46. The van der Waals surface area contributed by atoms with Gasteiger partial charge in [0.05, 0.1) is 7.11 Å². The molecule has 0 saturated heterocycles. The Labute approximate surface area is 122 Å². The molecular weight excluding hydrogens is 270 g/mol. The van der Waals surface area contributed by atoms with Crippen molar-refractivity contribution in [3.05, 3.63) is 47.3 Å². The molecule has 0 aliphatic heterocycles. The van der Waals surface area contributed by atoms with Gasteiger partial charge in [0.2, 0.25) is 5.95 Å². The summed E-state index contributed by atoms with van der Waals surface area (Å²) in [5, 5.41) is 2.98. The van der Waals surface area contributed by atoms with E-state index in [0.717, 1.165) is 0 Å². The van der Waals surface area contributed by atoms with Crippen LogP contribution in [0.4, 0.5) is 11.6 Å². The molecule has 0 radical (unpaired) electrons. The Kier molecular flexibility index (Phi) is 4.27. The van der Waals surface area contributed by atoms with Crippen molar-refractivity contribution >= 4 is 23.4 Å². The van der Waals surface area contributed by atoms with Crippen molar-refractivity contribution < 1.29 is 14.3 Å². The number of carbonyl (C=O) groups is 2. The van der Waals surface area contributed by atoms with Crippen LogP contribution in [0.25, 0.3) is 0 Å². The quantitative estimate of drug-likeness (QED) is 0.686. The van der Waals surface area contributed by atoms with E-state index in [4.69, 9.17) is 0 Å². The highest BCUT2D eigenvalue weighted by Crippen LogP contribution is 2.16. The molecule has 2 aromatic rings. The zero-order chi connectivity index (χ0) is 15.4. The largest absolute Gasteiger partial charge is 0.464 e. The lowest BCUT2D eigenvalue weighted by Crippen LogP contribution is -2.08. The van der Waals surface area contributed by atoms with Crippen molar-refractivity contribution in [3.63, 3.8) is 0 Å². The molecular formula is C15H15N3O3. The Morgan fingerprint density at radius 1 is 1.19 bits per heavy atom. The number of ether oxygens (including phenoxy) is 1. The second-order valence-electron chi connectivity index (χ2n) is 4.47. The van der Waals surface area contributed by atoms with E-state index in [1.807, 2.05) is 0 Å². The van der Waals surface area contributed by atoms with Gasteiger partial charge in [-0.25, -0.2) is 14.8 Å². The number of hydrogen-bond donors (Lipinski definition) is 1. The maximum Gasteiger partial charge on any atom is 0.356 e. The summed E-state index contributed by atoms with van der Waals surface area (Å²) in [5.74, 6) is -0.281. The van der Waals surface area contributed by atoms with E-state index in [9.17, 15) is 9.59 Å². The molecule has 1 aromatic heterocycles. The topological polar surface area (TPSA) is 81.2 Å². The van der Waals surface area contributed by atoms with Gasteiger partial charge >= 0.3 is 5.97 Å². The standard InChI is InChI=1S/C15H15N3O3/c1-9-7-13(14(20)21-3)18-15(16-9)17-12-6-4-5-11(8-12)10(2)19/h4-8H,1-3H3,(H,16,17,18). The Bertz CT molecular complexity index is 698. The minimum absolute atomic E-state index is 0.0286. The highest BCUT2D eigenvalue weighted by molar-refractivity contribution is 5.95. The molecule has 0 bridgehead atoms. The number of nitrogens with one attached hydrogen (secondary N) is 1. The van der Waals surface area contributed by atoms with Gasteiger partial charge in [0, 0.05) is 16.9 Å². The van der Waals surface area contributed by atoms with E-state index in [1.165, 1.54) is 14.0 Å². The number of methoxy groups -OCH3 is 1. The molecule has 21 heavy (non-hydrogen) atoms. The van der Waals surface area contributed by atoms with Gasteiger partial charge in [-0.3, -0.25) is 4.79 Å². The molecule has 0 spiro atoms. The molecule has 0 aliphatic rings. The Morgan fingerprint density at radius 3 is 2.62 bits per heavy atom. The molecule has 0 aliphatic carbocycles. The molecule has 108 valence electrons. The monoisotopic (exact) mass is 285 g/mol. The maximum atomic E-state index is 11.5. The number of aromatic nitrogens is 2. The van der Waals surface area contributed by atoms with Crippen LogP contribution in [-0.2, 0) is 4.74 Å².